The second-order valence-electron chi connectivity index (χ2n) is 4.86. The van der Waals surface area contributed by atoms with Gasteiger partial charge in [-0.2, -0.15) is 0 Å². The molecule has 0 bridgehead atoms. The Hall–Kier alpha value is -1.59. The van der Waals surface area contributed by atoms with Crippen LogP contribution in [-0.4, -0.2) is 44.0 Å². The van der Waals surface area contributed by atoms with Crippen molar-refractivity contribution in [3.8, 4) is 5.75 Å². The number of ether oxygens (including phenoxy) is 2. The van der Waals surface area contributed by atoms with Gasteiger partial charge in [-0.1, -0.05) is 18.2 Å². The van der Waals surface area contributed by atoms with Crippen LogP contribution in [0, 0.1) is 13.8 Å². The van der Waals surface area contributed by atoms with Crippen molar-refractivity contribution in [3.63, 3.8) is 0 Å². The summed E-state index contributed by atoms with van der Waals surface area (Å²) < 4.78 is 10.8. The van der Waals surface area contributed by atoms with Crippen LogP contribution >= 0.6 is 0 Å². The van der Waals surface area contributed by atoms with Crippen molar-refractivity contribution in [2.75, 3.05) is 33.0 Å². The molecule has 0 aliphatic rings. The zero-order valence-corrected chi connectivity index (χ0v) is 12.9. The fraction of sp³-hybridized carbons (Fsp3) is 0.562. The number of aliphatic hydroxyl groups excluding tert-OH is 1. The van der Waals surface area contributed by atoms with Gasteiger partial charge in [-0.25, -0.2) is 0 Å². The maximum absolute atomic E-state index is 11.5. The Bertz CT molecular complexity index is 414. The molecule has 0 fully saturated rings. The van der Waals surface area contributed by atoms with Crippen molar-refractivity contribution in [2.45, 2.75) is 26.7 Å². The van der Waals surface area contributed by atoms with Gasteiger partial charge in [0.25, 0.3) is 0 Å². The number of para-hydroxylation sites is 1. The number of carbonyl (C=O) groups excluding carboxylic acids is 1. The Morgan fingerprint density at radius 1 is 1.19 bits per heavy atom. The number of aliphatic hydroxyl groups is 1. The van der Waals surface area contributed by atoms with E-state index in [0.717, 1.165) is 16.9 Å². The fourth-order valence-corrected chi connectivity index (χ4v) is 1.95. The van der Waals surface area contributed by atoms with Crippen LogP contribution in [0.5, 0.6) is 5.75 Å². The van der Waals surface area contributed by atoms with E-state index >= 15 is 0 Å². The van der Waals surface area contributed by atoms with Crippen molar-refractivity contribution >= 4 is 5.91 Å². The average molecular weight is 295 g/mol. The van der Waals surface area contributed by atoms with Crippen LogP contribution in [0.3, 0.4) is 0 Å². The van der Waals surface area contributed by atoms with Crippen LogP contribution in [0.2, 0.25) is 0 Å². The Morgan fingerprint density at radius 3 is 2.57 bits per heavy atom. The lowest BCUT2D eigenvalue weighted by molar-refractivity contribution is -0.121. The Morgan fingerprint density at radius 2 is 1.90 bits per heavy atom. The highest BCUT2D eigenvalue weighted by molar-refractivity contribution is 5.75. The molecule has 0 spiro atoms. The molecule has 1 amide bonds. The number of hydrogen-bond donors (Lipinski definition) is 2. The molecule has 0 aromatic heterocycles. The minimum atomic E-state index is -0.00676. The van der Waals surface area contributed by atoms with Crippen LogP contribution in [0.4, 0.5) is 0 Å². The van der Waals surface area contributed by atoms with Gasteiger partial charge in [0, 0.05) is 13.0 Å². The summed E-state index contributed by atoms with van der Waals surface area (Å²) in [6, 6.07) is 6.03. The van der Waals surface area contributed by atoms with E-state index in [1.54, 1.807) is 0 Å². The zero-order valence-electron chi connectivity index (χ0n) is 12.9. The molecule has 118 valence electrons. The highest BCUT2D eigenvalue weighted by Crippen LogP contribution is 2.22. The molecule has 5 heteroatoms. The number of hydrogen-bond acceptors (Lipinski definition) is 4. The van der Waals surface area contributed by atoms with E-state index in [1.807, 2.05) is 32.0 Å². The Balaban J connectivity index is 2.12. The second-order valence-corrected chi connectivity index (χ2v) is 4.86. The van der Waals surface area contributed by atoms with Crippen molar-refractivity contribution in [3.05, 3.63) is 29.3 Å². The molecule has 0 aliphatic carbocycles. The van der Waals surface area contributed by atoms with Crippen molar-refractivity contribution in [2.24, 2.45) is 0 Å². The molecule has 1 aromatic carbocycles. The highest BCUT2D eigenvalue weighted by Gasteiger charge is 2.04. The monoisotopic (exact) mass is 295 g/mol. The second kappa shape index (κ2) is 10.2. The molecule has 0 aliphatic heterocycles. The summed E-state index contributed by atoms with van der Waals surface area (Å²) in [6.07, 6.45) is 1.11. The topological polar surface area (TPSA) is 67.8 Å². The Kier molecular flexibility index (Phi) is 8.47. The van der Waals surface area contributed by atoms with E-state index in [-0.39, 0.29) is 12.5 Å². The summed E-state index contributed by atoms with van der Waals surface area (Å²) >= 11 is 0. The van der Waals surface area contributed by atoms with Crippen molar-refractivity contribution in [1.82, 2.24) is 5.32 Å². The molecule has 0 saturated heterocycles. The first-order valence-electron chi connectivity index (χ1n) is 7.29. The molecule has 2 N–H and O–H groups in total. The van der Waals surface area contributed by atoms with Gasteiger partial charge in [-0.3, -0.25) is 4.79 Å². The number of amides is 1. The van der Waals surface area contributed by atoms with E-state index in [4.69, 9.17) is 14.6 Å². The maximum atomic E-state index is 11.5. The first-order valence-corrected chi connectivity index (χ1v) is 7.29. The van der Waals surface area contributed by atoms with Gasteiger partial charge >= 0.3 is 0 Å². The fourth-order valence-electron chi connectivity index (χ4n) is 1.95. The quantitative estimate of drug-likeness (QED) is 0.643. The number of benzene rings is 1. The molecule has 0 radical (unpaired) electrons. The minimum Gasteiger partial charge on any atom is -0.493 e. The van der Waals surface area contributed by atoms with Crippen LogP contribution in [-0.2, 0) is 9.53 Å². The van der Waals surface area contributed by atoms with Gasteiger partial charge in [-0.05, 0) is 31.4 Å². The van der Waals surface area contributed by atoms with Crippen molar-refractivity contribution < 1.29 is 19.4 Å². The summed E-state index contributed by atoms with van der Waals surface area (Å²) in [5.74, 6) is 0.906. The van der Waals surface area contributed by atoms with E-state index in [0.29, 0.717) is 39.2 Å². The summed E-state index contributed by atoms with van der Waals surface area (Å²) in [4.78, 5) is 11.5. The van der Waals surface area contributed by atoms with Gasteiger partial charge in [0.2, 0.25) is 5.91 Å². The summed E-state index contributed by atoms with van der Waals surface area (Å²) in [6.45, 7) is 5.76. The summed E-state index contributed by atoms with van der Waals surface area (Å²) in [5.41, 5.74) is 2.22. The van der Waals surface area contributed by atoms with Crippen LogP contribution in [0.15, 0.2) is 18.2 Å². The third-order valence-corrected chi connectivity index (χ3v) is 3.01. The number of rotatable bonds is 10. The van der Waals surface area contributed by atoms with Crippen LogP contribution in [0.1, 0.15) is 24.0 Å². The standard InChI is InChI=1S/C16H25NO4/c1-13-5-3-6-14(2)16(13)21-10-4-7-15(19)17-8-11-20-12-9-18/h3,5-6,18H,4,7-12H2,1-2H3,(H,17,19). The molecule has 5 nitrogen and oxygen atoms in total. The minimum absolute atomic E-state index is 0.00358. The Labute approximate surface area is 126 Å². The van der Waals surface area contributed by atoms with Crippen LogP contribution in [0.25, 0.3) is 0 Å². The van der Waals surface area contributed by atoms with Crippen molar-refractivity contribution in [1.29, 1.82) is 0 Å². The first kappa shape index (κ1) is 17.5. The average Bonchev–Trinajstić information content (AvgIpc) is 2.46. The number of carbonyl (C=O) groups is 1. The largest absolute Gasteiger partial charge is 0.493 e. The SMILES string of the molecule is Cc1cccc(C)c1OCCCC(=O)NCCOCCO. The maximum Gasteiger partial charge on any atom is 0.220 e. The molecule has 21 heavy (non-hydrogen) atoms. The van der Waals surface area contributed by atoms with Gasteiger partial charge < -0.3 is 19.9 Å². The lowest BCUT2D eigenvalue weighted by Gasteiger charge is -2.11. The predicted octanol–water partition coefficient (Wildman–Crippen LogP) is 1.59. The number of nitrogens with one attached hydrogen (secondary N) is 1. The lowest BCUT2D eigenvalue weighted by atomic mass is 10.1. The van der Waals surface area contributed by atoms with Crippen LogP contribution < -0.4 is 10.1 Å². The molecule has 0 atom stereocenters. The molecular formula is C16H25NO4. The molecule has 0 saturated carbocycles. The van der Waals surface area contributed by atoms with E-state index in [9.17, 15) is 4.79 Å². The van der Waals surface area contributed by atoms with E-state index < -0.39 is 0 Å². The third-order valence-electron chi connectivity index (χ3n) is 3.01. The molecule has 0 heterocycles. The van der Waals surface area contributed by atoms with Gasteiger partial charge in [0.1, 0.15) is 5.75 Å². The normalized spacial score (nSPS) is 10.4. The zero-order chi connectivity index (χ0) is 15.5. The van der Waals surface area contributed by atoms with E-state index in [2.05, 4.69) is 5.32 Å². The molecular weight excluding hydrogens is 270 g/mol. The first-order chi connectivity index (χ1) is 10.1. The third kappa shape index (κ3) is 7.11. The van der Waals surface area contributed by atoms with E-state index in [1.165, 1.54) is 0 Å². The highest BCUT2D eigenvalue weighted by atomic mass is 16.5. The van der Waals surface area contributed by atoms with Gasteiger partial charge in [-0.15, -0.1) is 0 Å². The molecule has 0 unspecified atom stereocenters. The van der Waals surface area contributed by atoms with Gasteiger partial charge in [0.15, 0.2) is 0 Å². The molecule has 1 aromatic rings. The summed E-state index contributed by atoms with van der Waals surface area (Å²) in [7, 11) is 0. The lowest BCUT2D eigenvalue weighted by Crippen LogP contribution is -2.27. The summed E-state index contributed by atoms with van der Waals surface area (Å²) in [5, 5.41) is 11.3. The molecule has 1 rings (SSSR count). The smallest absolute Gasteiger partial charge is 0.220 e. The van der Waals surface area contributed by atoms with Gasteiger partial charge in [0.05, 0.1) is 26.4 Å². The predicted molar refractivity (Wildman–Crippen MR) is 81.6 cm³/mol. The number of aryl methyl sites for hydroxylation is 2.